The van der Waals surface area contributed by atoms with Gasteiger partial charge in [0.2, 0.25) is 0 Å². The number of methoxy groups -OCH3 is 1. The number of hydrogen-bond acceptors (Lipinski definition) is 3. The Balaban J connectivity index is 1.77. The van der Waals surface area contributed by atoms with Crippen molar-refractivity contribution in [2.75, 3.05) is 12.4 Å². The van der Waals surface area contributed by atoms with E-state index in [0.717, 1.165) is 16.2 Å². The van der Waals surface area contributed by atoms with Gasteiger partial charge in [-0.15, -0.1) is 11.8 Å². The summed E-state index contributed by atoms with van der Waals surface area (Å²) in [6.45, 7) is 0. The second kappa shape index (κ2) is 9.57. The lowest BCUT2D eigenvalue weighted by Gasteiger charge is -2.12. The van der Waals surface area contributed by atoms with Crippen molar-refractivity contribution in [1.29, 1.82) is 0 Å². The summed E-state index contributed by atoms with van der Waals surface area (Å²) in [5, 5.41) is 4.42. The van der Waals surface area contributed by atoms with E-state index in [9.17, 15) is 4.79 Å². The lowest BCUT2D eigenvalue weighted by Crippen LogP contribution is -2.12. The number of benzene rings is 3. The summed E-state index contributed by atoms with van der Waals surface area (Å²) in [6.07, 6.45) is 0. The zero-order valence-electron chi connectivity index (χ0n) is 14.8. The first-order chi connectivity index (χ1) is 13.4. The predicted octanol–water partition coefficient (Wildman–Crippen LogP) is 7.20. The van der Waals surface area contributed by atoms with Crippen LogP contribution >= 0.6 is 46.6 Å². The molecule has 0 saturated carbocycles. The molecule has 144 valence electrons. The summed E-state index contributed by atoms with van der Waals surface area (Å²) in [5.74, 6) is 1.12. The van der Waals surface area contributed by atoms with Gasteiger partial charge >= 0.3 is 0 Å². The van der Waals surface area contributed by atoms with Gasteiger partial charge in [-0.1, -0.05) is 34.8 Å². The largest absolute Gasteiger partial charge is 0.496 e. The highest BCUT2D eigenvalue weighted by Crippen LogP contribution is 2.30. The fourth-order valence-corrected chi connectivity index (χ4v) is 4.08. The van der Waals surface area contributed by atoms with Crippen LogP contribution in [-0.2, 0) is 5.75 Å². The van der Waals surface area contributed by atoms with E-state index in [1.807, 2.05) is 30.3 Å². The van der Waals surface area contributed by atoms with Crippen LogP contribution < -0.4 is 10.1 Å². The molecule has 3 aromatic carbocycles. The summed E-state index contributed by atoms with van der Waals surface area (Å²) >= 11 is 19.5. The van der Waals surface area contributed by atoms with Crippen molar-refractivity contribution in [3.63, 3.8) is 0 Å². The van der Waals surface area contributed by atoms with Gasteiger partial charge in [0, 0.05) is 42.5 Å². The minimum absolute atomic E-state index is 0.251. The van der Waals surface area contributed by atoms with Crippen molar-refractivity contribution in [1.82, 2.24) is 0 Å². The topological polar surface area (TPSA) is 38.3 Å². The molecule has 0 saturated heterocycles. The number of ether oxygens (including phenoxy) is 1. The van der Waals surface area contributed by atoms with Gasteiger partial charge in [-0.3, -0.25) is 4.79 Å². The lowest BCUT2D eigenvalue weighted by atomic mass is 10.1. The highest BCUT2D eigenvalue weighted by molar-refractivity contribution is 7.98. The van der Waals surface area contributed by atoms with E-state index < -0.39 is 0 Å². The standard InChI is InChI=1S/C21H16Cl3NO2S/c1-27-20-7-2-13(21(26)25-18-10-16(23)9-17(24)11-18)8-14(20)12-28-19-5-3-15(22)4-6-19/h2-11H,12H2,1H3,(H,25,26). The van der Waals surface area contributed by atoms with Crippen LogP contribution in [-0.4, -0.2) is 13.0 Å². The Hall–Kier alpha value is -1.85. The third-order valence-corrected chi connectivity index (χ3v) is 5.62. The molecule has 0 radical (unpaired) electrons. The normalized spacial score (nSPS) is 10.6. The number of thioether (sulfide) groups is 1. The summed E-state index contributed by atoms with van der Waals surface area (Å²) in [4.78, 5) is 13.7. The number of anilines is 1. The molecule has 7 heteroatoms. The molecule has 3 aromatic rings. The highest BCUT2D eigenvalue weighted by atomic mass is 35.5. The number of carbonyl (C=O) groups excluding carboxylic acids is 1. The Morgan fingerprint density at radius 3 is 2.25 bits per heavy atom. The number of halogens is 3. The van der Waals surface area contributed by atoms with E-state index in [0.29, 0.717) is 32.1 Å². The number of nitrogens with one attached hydrogen (secondary N) is 1. The molecule has 0 aromatic heterocycles. The van der Waals surface area contributed by atoms with Crippen molar-refractivity contribution in [3.05, 3.63) is 86.9 Å². The van der Waals surface area contributed by atoms with Crippen molar-refractivity contribution in [2.24, 2.45) is 0 Å². The van der Waals surface area contributed by atoms with Crippen LogP contribution in [0.25, 0.3) is 0 Å². The molecule has 0 fully saturated rings. The Kier molecular flexibility index (Phi) is 7.13. The first-order valence-electron chi connectivity index (χ1n) is 8.27. The molecular weight excluding hydrogens is 437 g/mol. The molecule has 1 amide bonds. The molecule has 0 aliphatic rings. The molecule has 0 aliphatic carbocycles. The Labute approximate surface area is 182 Å². The van der Waals surface area contributed by atoms with Gasteiger partial charge in [-0.2, -0.15) is 0 Å². The monoisotopic (exact) mass is 451 g/mol. The van der Waals surface area contributed by atoms with E-state index in [1.165, 1.54) is 0 Å². The third kappa shape index (κ3) is 5.58. The first kappa shape index (κ1) is 20.9. The molecule has 0 heterocycles. The molecule has 28 heavy (non-hydrogen) atoms. The van der Waals surface area contributed by atoms with Crippen LogP contribution in [0.5, 0.6) is 5.75 Å². The fraction of sp³-hybridized carbons (Fsp3) is 0.0952. The molecular formula is C21H16Cl3NO2S. The van der Waals surface area contributed by atoms with E-state index in [-0.39, 0.29) is 5.91 Å². The van der Waals surface area contributed by atoms with Crippen LogP contribution in [0.2, 0.25) is 15.1 Å². The van der Waals surface area contributed by atoms with Gasteiger partial charge in [0.05, 0.1) is 7.11 Å². The molecule has 3 rings (SSSR count). The first-order valence-corrected chi connectivity index (χ1v) is 10.4. The highest BCUT2D eigenvalue weighted by Gasteiger charge is 2.12. The van der Waals surface area contributed by atoms with E-state index >= 15 is 0 Å². The van der Waals surface area contributed by atoms with Gasteiger partial charge in [0.15, 0.2) is 0 Å². The Morgan fingerprint density at radius 1 is 0.929 bits per heavy atom. The fourth-order valence-electron chi connectivity index (χ4n) is 2.55. The average molecular weight is 453 g/mol. The number of carbonyl (C=O) groups is 1. The van der Waals surface area contributed by atoms with Crippen LogP contribution in [0.3, 0.4) is 0 Å². The van der Waals surface area contributed by atoms with Crippen molar-refractivity contribution < 1.29 is 9.53 Å². The van der Waals surface area contributed by atoms with Crippen LogP contribution in [0.15, 0.2) is 65.6 Å². The minimum Gasteiger partial charge on any atom is -0.496 e. The second-order valence-electron chi connectivity index (χ2n) is 5.88. The summed E-state index contributed by atoms with van der Waals surface area (Å²) in [6, 6.07) is 17.8. The quantitative estimate of drug-likeness (QED) is 0.402. The van der Waals surface area contributed by atoms with Gasteiger partial charge in [-0.25, -0.2) is 0 Å². The maximum absolute atomic E-state index is 12.6. The number of amides is 1. The van der Waals surface area contributed by atoms with Crippen molar-refractivity contribution in [2.45, 2.75) is 10.6 Å². The molecule has 1 N–H and O–H groups in total. The van der Waals surface area contributed by atoms with Crippen LogP contribution in [0.1, 0.15) is 15.9 Å². The lowest BCUT2D eigenvalue weighted by molar-refractivity contribution is 0.102. The maximum Gasteiger partial charge on any atom is 0.255 e. The molecule has 0 aliphatic heterocycles. The van der Waals surface area contributed by atoms with Crippen molar-refractivity contribution in [3.8, 4) is 5.75 Å². The van der Waals surface area contributed by atoms with Gasteiger partial charge in [-0.05, 0) is 60.7 Å². The zero-order chi connectivity index (χ0) is 20.1. The molecule has 0 spiro atoms. The predicted molar refractivity (Wildman–Crippen MR) is 118 cm³/mol. The third-order valence-electron chi connectivity index (χ3n) is 3.87. The zero-order valence-corrected chi connectivity index (χ0v) is 17.9. The molecule has 0 bridgehead atoms. The maximum atomic E-state index is 12.6. The Bertz CT molecular complexity index is 973. The summed E-state index contributed by atoms with van der Waals surface area (Å²) < 4.78 is 5.44. The van der Waals surface area contributed by atoms with Crippen molar-refractivity contribution >= 4 is 58.2 Å². The average Bonchev–Trinajstić information content (AvgIpc) is 2.66. The van der Waals surface area contributed by atoms with E-state index in [4.69, 9.17) is 39.5 Å². The van der Waals surface area contributed by atoms with Gasteiger partial charge < -0.3 is 10.1 Å². The van der Waals surface area contributed by atoms with Gasteiger partial charge in [0.1, 0.15) is 5.75 Å². The van der Waals surface area contributed by atoms with Gasteiger partial charge in [0.25, 0.3) is 5.91 Å². The minimum atomic E-state index is -0.251. The van der Waals surface area contributed by atoms with Crippen LogP contribution in [0.4, 0.5) is 5.69 Å². The SMILES string of the molecule is COc1ccc(C(=O)Nc2cc(Cl)cc(Cl)c2)cc1CSc1ccc(Cl)cc1. The number of rotatable bonds is 6. The summed E-state index contributed by atoms with van der Waals surface area (Å²) in [5.41, 5.74) is 1.97. The second-order valence-corrected chi connectivity index (χ2v) is 8.24. The molecule has 3 nitrogen and oxygen atoms in total. The van der Waals surface area contributed by atoms with E-state index in [1.54, 1.807) is 49.2 Å². The molecule has 0 atom stereocenters. The Morgan fingerprint density at radius 2 is 1.61 bits per heavy atom. The van der Waals surface area contributed by atoms with E-state index in [2.05, 4.69) is 5.32 Å². The smallest absolute Gasteiger partial charge is 0.255 e. The van der Waals surface area contributed by atoms with Crippen LogP contribution in [0, 0.1) is 0 Å². The summed E-state index contributed by atoms with van der Waals surface area (Å²) in [7, 11) is 1.61. The molecule has 0 unspecified atom stereocenters. The number of hydrogen-bond donors (Lipinski definition) is 1.